The smallest absolute Gasteiger partial charge is 0.303 e. The van der Waals surface area contributed by atoms with E-state index in [-0.39, 0.29) is 18.9 Å². The largest absolute Gasteiger partial charge is 0.484 e. The van der Waals surface area contributed by atoms with Gasteiger partial charge in [0.2, 0.25) is 0 Å². The highest BCUT2D eigenvalue weighted by Crippen LogP contribution is 2.25. The molecular formula is C14H18ClNO4. The summed E-state index contributed by atoms with van der Waals surface area (Å²) in [4.78, 5) is 21.8. The highest BCUT2D eigenvalue weighted by Gasteiger charge is 2.06. The Labute approximate surface area is 122 Å². The number of aliphatic carboxylic acids is 1. The number of amides is 1. The molecule has 1 aromatic carbocycles. The fraction of sp³-hybridized carbons (Fsp3) is 0.429. The van der Waals surface area contributed by atoms with Gasteiger partial charge in [-0.2, -0.15) is 0 Å². The van der Waals surface area contributed by atoms with Crippen LogP contribution in [0.4, 0.5) is 0 Å². The number of benzene rings is 1. The van der Waals surface area contributed by atoms with Gasteiger partial charge in [0.05, 0.1) is 0 Å². The molecule has 0 aliphatic carbocycles. The second kappa shape index (κ2) is 7.75. The van der Waals surface area contributed by atoms with Crippen molar-refractivity contribution < 1.29 is 19.4 Å². The van der Waals surface area contributed by atoms with Crippen molar-refractivity contribution in [1.29, 1.82) is 0 Å². The summed E-state index contributed by atoms with van der Waals surface area (Å²) in [5.74, 6) is -0.562. The molecule has 0 saturated carbocycles. The van der Waals surface area contributed by atoms with E-state index in [4.69, 9.17) is 21.4 Å². The lowest BCUT2D eigenvalue weighted by Crippen LogP contribution is -2.30. The summed E-state index contributed by atoms with van der Waals surface area (Å²) in [7, 11) is 0. The minimum atomic E-state index is -0.873. The lowest BCUT2D eigenvalue weighted by atomic mass is 10.1. The number of carbonyl (C=O) groups is 2. The molecule has 1 amide bonds. The summed E-state index contributed by atoms with van der Waals surface area (Å²) >= 11 is 6.04. The van der Waals surface area contributed by atoms with Gasteiger partial charge in [-0.3, -0.25) is 9.59 Å². The van der Waals surface area contributed by atoms with E-state index in [1.165, 1.54) is 0 Å². The molecule has 0 atom stereocenters. The lowest BCUT2D eigenvalue weighted by molar-refractivity contribution is -0.137. The van der Waals surface area contributed by atoms with Crippen LogP contribution in [0.2, 0.25) is 5.02 Å². The summed E-state index contributed by atoms with van der Waals surface area (Å²) in [6.45, 7) is 3.96. The van der Waals surface area contributed by atoms with Gasteiger partial charge in [0.25, 0.3) is 5.91 Å². The van der Waals surface area contributed by atoms with Crippen molar-refractivity contribution in [3.05, 3.63) is 28.3 Å². The Hall–Kier alpha value is -1.75. The second-order valence-electron chi connectivity index (χ2n) is 4.51. The van der Waals surface area contributed by atoms with Crippen molar-refractivity contribution >= 4 is 23.5 Å². The van der Waals surface area contributed by atoms with Gasteiger partial charge in [-0.05, 0) is 43.5 Å². The normalized spacial score (nSPS) is 10.2. The highest BCUT2D eigenvalue weighted by molar-refractivity contribution is 6.32. The summed E-state index contributed by atoms with van der Waals surface area (Å²) in [5, 5.41) is 11.7. The number of halogens is 1. The Morgan fingerprint density at radius 1 is 1.30 bits per heavy atom. The molecule has 0 aromatic heterocycles. The van der Waals surface area contributed by atoms with Gasteiger partial charge in [-0.1, -0.05) is 11.6 Å². The van der Waals surface area contributed by atoms with Gasteiger partial charge in [0, 0.05) is 18.0 Å². The molecular weight excluding hydrogens is 282 g/mol. The quantitative estimate of drug-likeness (QED) is 0.758. The van der Waals surface area contributed by atoms with Gasteiger partial charge < -0.3 is 15.2 Å². The number of aryl methyl sites for hydroxylation is 2. The van der Waals surface area contributed by atoms with Crippen LogP contribution >= 0.6 is 11.6 Å². The van der Waals surface area contributed by atoms with Crippen LogP contribution in [-0.2, 0) is 9.59 Å². The average molecular weight is 300 g/mol. The van der Waals surface area contributed by atoms with E-state index in [0.717, 1.165) is 11.1 Å². The van der Waals surface area contributed by atoms with E-state index in [0.29, 0.717) is 23.7 Å². The third kappa shape index (κ3) is 5.48. The van der Waals surface area contributed by atoms with Crippen molar-refractivity contribution in [2.75, 3.05) is 13.2 Å². The standard InChI is InChI=1S/C14H18ClNO4/c1-9-6-11(7-10(2)14(9)15)20-8-12(17)16-5-3-4-13(18)19/h6-7H,3-5,8H2,1-2H3,(H,16,17)(H,18,19). The fourth-order valence-electron chi connectivity index (χ4n) is 1.66. The molecule has 0 heterocycles. The van der Waals surface area contributed by atoms with Gasteiger partial charge in [0.15, 0.2) is 6.61 Å². The molecule has 0 aliphatic rings. The zero-order valence-electron chi connectivity index (χ0n) is 11.5. The zero-order chi connectivity index (χ0) is 15.1. The summed E-state index contributed by atoms with van der Waals surface area (Å²) in [6, 6.07) is 3.54. The van der Waals surface area contributed by atoms with Crippen LogP contribution in [0.5, 0.6) is 5.75 Å². The SMILES string of the molecule is Cc1cc(OCC(=O)NCCCC(=O)O)cc(C)c1Cl. The first-order valence-corrected chi connectivity index (χ1v) is 6.66. The summed E-state index contributed by atoms with van der Waals surface area (Å²) in [5.41, 5.74) is 1.78. The molecule has 1 rings (SSSR count). The predicted molar refractivity (Wildman–Crippen MR) is 76.3 cm³/mol. The minimum Gasteiger partial charge on any atom is -0.484 e. The maximum atomic E-state index is 11.5. The van der Waals surface area contributed by atoms with E-state index in [2.05, 4.69) is 5.32 Å². The summed E-state index contributed by atoms with van der Waals surface area (Å²) in [6.07, 6.45) is 0.441. The van der Waals surface area contributed by atoms with Crippen LogP contribution in [0.15, 0.2) is 12.1 Å². The first-order chi connectivity index (χ1) is 9.40. The number of carboxylic acids is 1. The molecule has 0 aliphatic heterocycles. The van der Waals surface area contributed by atoms with Crippen molar-refractivity contribution in [1.82, 2.24) is 5.32 Å². The first-order valence-electron chi connectivity index (χ1n) is 6.28. The number of carboxylic acid groups (broad SMARTS) is 1. The Morgan fingerprint density at radius 3 is 2.45 bits per heavy atom. The first kappa shape index (κ1) is 16.3. The molecule has 0 saturated heterocycles. The lowest BCUT2D eigenvalue weighted by Gasteiger charge is -2.10. The van der Waals surface area contributed by atoms with Gasteiger partial charge in [-0.25, -0.2) is 0 Å². The van der Waals surface area contributed by atoms with Crippen LogP contribution in [0, 0.1) is 13.8 Å². The number of nitrogens with one attached hydrogen (secondary N) is 1. The predicted octanol–water partition coefficient (Wildman–Crippen LogP) is 2.32. The highest BCUT2D eigenvalue weighted by atomic mass is 35.5. The third-order valence-corrected chi connectivity index (χ3v) is 3.27. The molecule has 0 unspecified atom stereocenters. The molecule has 5 nitrogen and oxygen atoms in total. The van der Waals surface area contributed by atoms with Crippen LogP contribution < -0.4 is 10.1 Å². The second-order valence-corrected chi connectivity index (χ2v) is 4.88. The molecule has 6 heteroatoms. The zero-order valence-corrected chi connectivity index (χ0v) is 12.3. The number of hydrogen-bond donors (Lipinski definition) is 2. The molecule has 1 aromatic rings. The van der Waals surface area contributed by atoms with Gasteiger partial charge in [0.1, 0.15) is 5.75 Å². The molecule has 110 valence electrons. The van der Waals surface area contributed by atoms with Crippen LogP contribution in [-0.4, -0.2) is 30.1 Å². The van der Waals surface area contributed by atoms with Crippen molar-refractivity contribution in [3.63, 3.8) is 0 Å². The Kier molecular flexibility index (Phi) is 6.31. The van der Waals surface area contributed by atoms with E-state index in [1.54, 1.807) is 12.1 Å². The van der Waals surface area contributed by atoms with Crippen LogP contribution in [0.1, 0.15) is 24.0 Å². The minimum absolute atomic E-state index is 0.0384. The van der Waals surface area contributed by atoms with Gasteiger partial charge in [-0.15, -0.1) is 0 Å². The topological polar surface area (TPSA) is 75.6 Å². The van der Waals surface area contributed by atoms with E-state index in [1.807, 2.05) is 13.8 Å². The summed E-state index contributed by atoms with van der Waals surface area (Å²) < 4.78 is 5.38. The van der Waals surface area contributed by atoms with Crippen molar-refractivity contribution in [3.8, 4) is 5.75 Å². The molecule has 0 radical (unpaired) electrons. The fourth-order valence-corrected chi connectivity index (χ4v) is 1.77. The molecule has 2 N–H and O–H groups in total. The average Bonchev–Trinajstić information content (AvgIpc) is 2.38. The molecule has 0 spiro atoms. The maximum absolute atomic E-state index is 11.5. The molecule has 0 bridgehead atoms. The number of rotatable bonds is 7. The third-order valence-electron chi connectivity index (χ3n) is 2.67. The molecule has 0 fully saturated rings. The van der Waals surface area contributed by atoms with Crippen LogP contribution in [0.3, 0.4) is 0 Å². The number of carbonyl (C=O) groups excluding carboxylic acids is 1. The monoisotopic (exact) mass is 299 g/mol. The van der Waals surface area contributed by atoms with E-state index < -0.39 is 5.97 Å². The maximum Gasteiger partial charge on any atom is 0.303 e. The Bertz CT molecular complexity index is 479. The van der Waals surface area contributed by atoms with Crippen molar-refractivity contribution in [2.24, 2.45) is 0 Å². The van der Waals surface area contributed by atoms with Gasteiger partial charge >= 0.3 is 5.97 Å². The van der Waals surface area contributed by atoms with E-state index in [9.17, 15) is 9.59 Å². The van der Waals surface area contributed by atoms with E-state index >= 15 is 0 Å². The van der Waals surface area contributed by atoms with Crippen LogP contribution in [0.25, 0.3) is 0 Å². The Balaban J connectivity index is 2.36. The molecule has 20 heavy (non-hydrogen) atoms. The number of ether oxygens (including phenoxy) is 1. The number of hydrogen-bond acceptors (Lipinski definition) is 3. The Morgan fingerprint density at radius 2 is 1.90 bits per heavy atom. The van der Waals surface area contributed by atoms with Crippen molar-refractivity contribution in [2.45, 2.75) is 26.7 Å².